The average molecular weight is 313 g/mol. The molecule has 1 aliphatic carbocycles. The Morgan fingerprint density at radius 2 is 2.00 bits per heavy atom. The Kier molecular flexibility index (Phi) is 4.17. The SMILES string of the molecule is CC(C)=C[C@@H]1[C@@H](C(=O)Nc2ccc(N3CCCC3)cn2)C1(C)C. The van der Waals surface area contributed by atoms with Gasteiger partial charge in [-0.1, -0.05) is 25.5 Å². The first-order valence-corrected chi connectivity index (χ1v) is 8.56. The number of amides is 1. The molecule has 2 heterocycles. The number of aromatic nitrogens is 1. The number of allylic oxidation sites excluding steroid dienone is 2. The molecule has 2 fully saturated rings. The molecule has 4 heteroatoms. The Balaban J connectivity index is 1.63. The van der Waals surface area contributed by atoms with Crippen molar-refractivity contribution in [2.45, 2.75) is 40.5 Å². The summed E-state index contributed by atoms with van der Waals surface area (Å²) in [6.07, 6.45) is 6.59. The van der Waals surface area contributed by atoms with Crippen molar-refractivity contribution in [3.05, 3.63) is 30.0 Å². The highest BCUT2D eigenvalue weighted by atomic mass is 16.2. The van der Waals surface area contributed by atoms with Crippen LogP contribution in [0.2, 0.25) is 0 Å². The standard InChI is InChI=1S/C19H27N3O/c1-13(2)11-15-17(19(15,3)4)18(23)21-16-8-7-14(12-20-16)22-9-5-6-10-22/h7-8,11-12,15,17H,5-6,9-10H2,1-4H3,(H,20,21,23)/t15-,17+/m1/s1. The van der Waals surface area contributed by atoms with Crippen LogP contribution in [-0.4, -0.2) is 24.0 Å². The molecule has 23 heavy (non-hydrogen) atoms. The molecule has 1 aliphatic heterocycles. The highest BCUT2D eigenvalue weighted by Gasteiger charge is 2.60. The van der Waals surface area contributed by atoms with Gasteiger partial charge in [0.2, 0.25) is 5.91 Å². The highest BCUT2D eigenvalue weighted by Crippen LogP contribution is 2.59. The number of hydrogen-bond donors (Lipinski definition) is 1. The van der Waals surface area contributed by atoms with E-state index in [2.05, 4.69) is 55.0 Å². The van der Waals surface area contributed by atoms with Crippen molar-refractivity contribution in [1.29, 1.82) is 0 Å². The van der Waals surface area contributed by atoms with Crippen LogP contribution in [0.5, 0.6) is 0 Å². The lowest BCUT2D eigenvalue weighted by Crippen LogP contribution is -2.19. The molecule has 0 aromatic carbocycles. The summed E-state index contributed by atoms with van der Waals surface area (Å²) in [6.45, 7) is 10.7. The van der Waals surface area contributed by atoms with E-state index in [1.807, 2.05) is 12.3 Å². The molecule has 3 rings (SSSR count). The molecule has 1 saturated heterocycles. The minimum absolute atomic E-state index is 0.0385. The van der Waals surface area contributed by atoms with Crippen molar-refractivity contribution in [1.82, 2.24) is 4.98 Å². The topological polar surface area (TPSA) is 45.2 Å². The van der Waals surface area contributed by atoms with Gasteiger partial charge in [-0.3, -0.25) is 4.79 Å². The summed E-state index contributed by atoms with van der Waals surface area (Å²) < 4.78 is 0. The Bertz CT molecular complexity index is 608. The van der Waals surface area contributed by atoms with E-state index in [1.54, 1.807) is 0 Å². The van der Waals surface area contributed by atoms with Gasteiger partial charge in [0.25, 0.3) is 0 Å². The summed E-state index contributed by atoms with van der Waals surface area (Å²) in [5.74, 6) is 1.10. The zero-order valence-electron chi connectivity index (χ0n) is 14.6. The molecule has 4 nitrogen and oxygen atoms in total. The molecule has 1 amide bonds. The molecule has 2 aliphatic rings. The maximum Gasteiger partial charge on any atom is 0.229 e. The molecule has 1 aromatic rings. The van der Waals surface area contributed by atoms with Crippen LogP contribution in [0, 0.1) is 17.3 Å². The molecular formula is C19H27N3O. The number of carbonyl (C=O) groups excluding carboxylic acids is 1. The fourth-order valence-electron chi connectivity index (χ4n) is 3.68. The van der Waals surface area contributed by atoms with Gasteiger partial charge >= 0.3 is 0 Å². The van der Waals surface area contributed by atoms with E-state index in [9.17, 15) is 4.79 Å². The second kappa shape index (κ2) is 5.99. The van der Waals surface area contributed by atoms with Crippen LogP contribution in [0.4, 0.5) is 11.5 Å². The Labute approximate surface area is 139 Å². The van der Waals surface area contributed by atoms with Gasteiger partial charge in [-0.15, -0.1) is 0 Å². The monoisotopic (exact) mass is 313 g/mol. The van der Waals surface area contributed by atoms with Gasteiger partial charge in [0.05, 0.1) is 17.8 Å². The zero-order chi connectivity index (χ0) is 16.6. The normalized spacial score (nSPS) is 25.1. The van der Waals surface area contributed by atoms with E-state index in [0.29, 0.717) is 11.7 Å². The van der Waals surface area contributed by atoms with Crippen molar-refractivity contribution in [2.24, 2.45) is 17.3 Å². The van der Waals surface area contributed by atoms with Crippen LogP contribution in [0.15, 0.2) is 30.0 Å². The summed E-state index contributed by atoms with van der Waals surface area (Å²) in [5.41, 5.74) is 2.46. The second-order valence-corrected chi connectivity index (χ2v) is 7.65. The largest absolute Gasteiger partial charge is 0.370 e. The highest BCUT2D eigenvalue weighted by molar-refractivity contribution is 5.95. The molecule has 1 aromatic heterocycles. The fraction of sp³-hybridized carbons (Fsp3) is 0.579. The molecule has 2 atom stereocenters. The molecule has 0 unspecified atom stereocenters. The van der Waals surface area contributed by atoms with Crippen LogP contribution >= 0.6 is 0 Å². The van der Waals surface area contributed by atoms with Gasteiger partial charge in [-0.2, -0.15) is 0 Å². The minimum atomic E-state index is 0.0385. The first-order valence-electron chi connectivity index (χ1n) is 8.56. The number of rotatable bonds is 4. The summed E-state index contributed by atoms with van der Waals surface area (Å²) >= 11 is 0. The predicted molar refractivity (Wildman–Crippen MR) is 94.5 cm³/mol. The number of pyridine rings is 1. The summed E-state index contributed by atoms with van der Waals surface area (Å²) in [4.78, 5) is 19.3. The third-order valence-electron chi connectivity index (χ3n) is 5.18. The minimum Gasteiger partial charge on any atom is -0.370 e. The Hall–Kier alpha value is -1.84. The van der Waals surface area contributed by atoms with Gasteiger partial charge < -0.3 is 10.2 Å². The molecular weight excluding hydrogens is 286 g/mol. The van der Waals surface area contributed by atoms with E-state index in [1.165, 1.54) is 18.4 Å². The van der Waals surface area contributed by atoms with Gasteiger partial charge in [0, 0.05) is 13.1 Å². The van der Waals surface area contributed by atoms with Crippen molar-refractivity contribution < 1.29 is 4.79 Å². The zero-order valence-corrected chi connectivity index (χ0v) is 14.6. The maximum atomic E-state index is 12.5. The van der Waals surface area contributed by atoms with Gasteiger partial charge in [-0.05, 0) is 50.2 Å². The first-order chi connectivity index (χ1) is 10.9. The van der Waals surface area contributed by atoms with Gasteiger partial charge in [-0.25, -0.2) is 4.98 Å². The number of hydrogen-bond acceptors (Lipinski definition) is 3. The fourth-order valence-corrected chi connectivity index (χ4v) is 3.68. The van der Waals surface area contributed by atoms with E-state index in [4.69, 9.17) is 0 Å². The maximum absolute atomic E-state index is 12.5. The number of anilines is 2. The lowest BCUT2D eigenvalue weighted by Gasteiger charge is -2.17. The van der Waals surface area contributed by atoms with Crippen LogP contribution in [0.25, 0.3) is 0 Å². The predicted octanol–water partition coefficient (Wildman–Crippen LogP) is 3.86. The third-order valence-corrected chi connectivity index (χ3v) is 5.18. The Morgan fingerprint density at radius 1 is 1.30 bits per heavy atom. The van der Waals surface area contributed by atoms with Crippen LogP contribution in [0.1, 0.15) is 40.5 Å². The van der Waals surface area contributed by atoms with Crippen LogP contribution < -0.4 is 10.2 Å². The average Bonchev–Trinajstić information content (AvgIpc) is 2.88. The third kappa shape index (κ3) is 3.26. The van der Waals surface area contributed by atoms with E-state index in [-0.39, 0.29) is 17.2 Å². The van der Waals surface area contributed by atoms with E-state index in [0.717, 1.165) is 18.8 Å². The number of nitrogens with one attached hydrogen (secondary N) is 1. The number of carbonyl (C=O) groups is 1. The van der Waals surface area contributed by atoms with Crippen LogP contribution in [-0.2, 0) is 4.79 Å². The first kappa shape index (κ1) is 16.0. The number of nitrogens with zero attached hydrogens (tertiary/aromatic N) is 2. The molecule has 124 valence electrons. The van der Waals surface area contributed by atoms with Crippen molar-refractivity contribution in [2.75, 3.05) is 23.3 Å². The lowest BCUT2D eigenvalue weighted by molar-refractivity contribution is -0.118. The lowest BCUT2D eigenvalue weighted by atomic mass is 10.1. The summed E-state index contributed by atoms with van der Waals surface area (Å²) in [7, 11) is 0. The van der Waals surface area contributed by atoms with Crippen molar-refractivity contribution in [3.8, 4) is 0 Å². The Morgan fingerprint density at radius 3 is 2.57 bits per heavy atom. The van der Waals surface area contributed by atoms with E-state index >= 15 is 0 Å². The quantitative estimate of drug-likeness (QED) is 0.859. The van der Waals surface area contributed by atoms with Gasteiger partial charge in [0.15, 0.2) is 0 Å². The smallest absolute Gasteiger partial charge is 0.229 e. The molecule has 1 N–H and O–H groups in total. The van der Waals surface area contributed by atoms with Crippen molar-refractivity contribution >= 4 is 17.4 Å². The molecule has 0 bridgehead atoms. The molecule has 0 radical (unpaired) electrons. The van der Waals surface area contributed by atoms with Crippen LogP contribution in [0.3, 0.4) is 0 Å². The molecule has 0 spiro atoms. The summed E-state index contributed by atoms with van der Waals surface area (Å²) in [5, 5.41) is 2.98. The second-order valence-electron chi connectivity index (χ2n) is 7.65. The molecule has 1 saturated carbocycles. The van der Waals surface area contributed by atoms with Gasteiger partial charge in [0.1, 0.15) is 5.82 Å². The summed E-state index contributed by atoms with van der Waals surface area (Å²) in [6, 6.07) is 3.97. The van der Waals surface area contributed by atoms with Crippen molar-refractivity contribution in [3.63, 3.8) is 0 Å². The van der Waals surface area contributed by atoms with E-state index < -0.39 is 0 Å².